The van der Waals surface area contributed by atoms with E-state index in [1.807, 2.05) is 12.1 Å². The Morgan fingerprint density at radius 2 is 2.05 bits per heavy atom. The molecule has 6 heteroatoms. The molecular weight excluding hydrogens is 272 g/mol. The summed E-state index contributed by atoms with van der Waals surface area (Å²) in [6.45, 7) is 0. The Bertz CT molecular complexity index is 661. The van der Waals surface area contributed by atoms with Crippen LogP contribution in [0.1, 0.15) is 12.8 Å². The van der Waals surface area contributed by atoms with Gasteiger partial charge in [-0.25, -0.2) is 0 Å². The zero-order chi connectivity index (χ0) is 14.8. The number of nitrogens with zero attached hydrogens (tertiary/aromatic N) is 1. The molecule has 1 aliphatic carbocycles. The van der Waals surface area contributed by atoms with E-state index in [0.717, 1.165) is 18.4 Å². The van der Waals surface area contributed by atoms with Crippen LogP contribution >= 0.6 is 0 Å². The van der Waals surface area contributed by atoms with Gasteiger partial charge >= 0.3 is 0 Å². The first-order valence-corrected chi connectivity index (χ1v) is 6.71. The van der Waals surface area contributed by atoms with Crippen molar-refractivity contribution in [3.05, 3.63) is 24.4 Å². The number of aromatic nitrogens is 1. The van der Waals surface area contributed by atoms with Crippen LogP contribution < -0.4 is 14.8 Å². The van der Waals surface area contributed by atoms with Crippen LogP contribution in [0, 0.1) is 5.92 Å². The number of methoxy groups -OCH3 is 2. The smallest absolute Gasteiger partial charge is 0.239 e. The molecule has 6 nitrogen and oxygen atoms in total. The quantitative estimate of drug-likeness (QED) is 0.915. The molecule has 1 saturated carbocycles. The van der Waals surface area contributed by atoms with E-state index in [0.29, 0.717) is 22.9 Å². The van der Waals surface area contributed by atoms with Crippen molar-refractivity contribution in [2.24, 2.45) is 5.92 Å². The molecule has 1 aromatic carbocycles. The number of amides is 1. The van der Waals surface area contributed by atoms with Crippen molar-refractivity contribution in [1.82, 2.24) is 5.16 Å². The Morgan fingerprint density at radius 3 is 2.71 bits per heavy atom. The van der Waals surface area contributed by atoms with E-state index >= 15 is 0 Å². The highest BCUT2D eigenvalue weighted by Crippen LogP contribution is 2.36. The number of carbonyl (C=O) groups excluding carboxylic acids is 1. The highest BCUT2D eigenvalue weighted by atomic mass is 16.5. The number of rotatable bonds is 5. The minimum Gasteiger partial charge on any atom is -0.493 e. The molecule has 0 aliphatic heterocycles. The molecule has 0 bridgehead atoms. The monoisotopic (exact) mass is 288 g/mol. The molecule has 0 spiro atoms. The van der Waals surface area contributed by atoms with Gasteiger partial charge in [0.2, 0.25) is 11.8 Å². The maximum absolute atomic E-state index is 11.8. The maximum Gasteiger partial charge on any atom is 0.239 e. The SMILES string of the molecule is COc1ccc(-c2cnoc2NC(=O)C2CC2)cc1OC. The van der Waals surface area contributed by atoms with Crippen LogP contribution in [0.5, 0.6) is 11.5 Å². The third-order valence-electron chi connectivity index (χ3n) is 3.45. The zero-order valence-corrected chi connectivity index (χ0v) is 11.9. The predicted octanol–water partition coefficient (Wildman–Crippen LogP) is 2.71. The Morgan fingerprint density at radius 1 is 1.29 bits per heavy atom. The molecule has 1 aromatic heterocycles. The van der Waals surface area contributed by atoms with Gasteiger partial charge in [0.1, 0.15) is 0 Å². The topological polar surface area (TPSA) is 73.6 Å². The van der Waals surface area contributed by atoms with Crippen LogP contribution in [-0.2, 0) is 4.79 Å². The van der Waals surface area contributed by atoms with Crippen molar-refractivity contribution < 1.29 is 18.8 Å². The van der Waals surface area contributed by atoms with Gasteiger partial charge < -0.3 is 14.0 Å². The van der Waals surface area contributed by atoms with E-state index in [2.05, 4.69) is 10.5 Å². The molecule has 1 fully saturated rings. The fourth-order valence-corrected chi connectivity index (χ4v) is 2.10. The van der Waals surface area contributed by atoms with E-state index < -0.39 is 0 Å². The van der Waals surface area contributed by atoms with E-state index in [4.69, 9.17) is 14.0 Å². The van der Waals surface area contributed by atoms with Crippen LogP contribution in [0.3, 0.4) is 0 Å². The lowest BCUT2D eigenvalue weighted by Gasteiger charge is -2.09. The number of benzene rings is 1. The van der Waals surface area contributed by atoms with Crippen molar-refractivity contribution in [2.75, 3.05) is 19.5 Å². The summed E-state index contributed by atoms with van der Waals surface area (Å²) in [5, 5.41) is 6.54. The molecule has 0 saturated heterocycles. The van der Waals surface area contributed by atoms with Crippen molar-refractivity contribution in [3.63, 3.8) is 0 Å². The van der Waals surface area contributed by atoms with Gasteiger partial charge in [-0.15, -0.1) is 0 Å². The zero-order valence-electron chi connectivity index (χ0n) is 11.9. The standard InChI is InChI=1S/C15H16N2O4/c1-19-12-6-5-10(7-13(12)20-2)11-8-16-21-15(11)17-14(18)9-3-4-9/h5-9H,3-4H2,1-2H3,(H,17,18). The van der Waals surface area contributed by atoms with Crippen LogP contribution in [0.25, 0.3) is 11.1 Å². The predicted molar refractivity (Wildman–Crippen MR) is 76.4 cm³/mol. The fourth-order valence-electron chi connectivity index (χ4n) is 2.10. The summed E-state index contributed by atoms with van der Waals surface area (Å²) in [5.41, 5.74) is 1.55. The molecule has 2 aromatic rings. The first kappa shape index (κ1) is 13.5. The number of nitrogens with one attached hydrogen (secondary N) is 1. The van der Waals surface area contributed by atoms with Gasteiger partial charge in [0.05, 0.1) is 26.0 Å². The summed E-state index contributed by atoms with van der Waals surface area (Å²) in [6, 6.07) is 5.48. The molecule has 110 valence electrons. The Hall–Kier alpha value is -2.50. The van der Waals surface area contributed by atoms with E-state index in [-0.39, 0.29) is 11.8 Å². The molecule has 3 rings (SSSR count). The van der Waals surface area contributed by atoms with Crippen LogP contribution in [-0.4, -0.2) is 25.3 Å². The highest BCUT2D eigenvalue weighted by Gasteiger charge is 2.31. The van der Waals surface area contributed by atoms with Gasteiger partial charge in [-0.3, -0.25) is 10.1 Å². The third-order valence-corrected chi connectivity index (χ3v) is 3.45. The number of ether oxygens (including phenoxy) is 2. The molecule has 21 heavy (non-hydrogen) atoms. The number of hydrogen-bond acceptors (Lipinski definition) is 5. The summed E-state index contributed by atoms with van der Waals surface area (Å²) < 4.78 is 15.6. The molecule has 0 atom stereocenters. The van der Waals surface area contributed by atoms with Crippen LogP contribution in [0.2, 0.25) is 0 Å². The Labute approximate surface area is 122 Å². The molecule has 0 radical (unpaired) electrons. The lowest BCUT2D eigenvalue weighted by Crippen LogP contribution is -2.13. The Balaban J connectivity index is 1.89. The second kappa shape index (κ2) is 5.47. The largest absolute Gasteiger partial charge is 0.493 e. The van der Waals surface area contributed by atoms with Gasteiger partial charge in [0, 0.05) is 5.92 Å². The normalized spacial score (nSPS) is 13.8. The summed E-state index contributed by atoms with van der Waals surface area (Å²) in [6.07, 6.45) is 3.45. The summed E-state index contributed by atoms with van der Waals surface area (Å²) in [4.78, 5) is 11.8. The van der Waals surface area contributed by atoms with Crippen molar-refractivity contribution in [2.45, 2.75) is 12.8 Å². The fraction of sp³-hybridized carbons (Fsp3) is 0.333. The molecule has 1 heterocycles. The average molecular weight is 288 g/mol. The molecule has 0 unspecified atom stereocenters. The van der Waals surface area contributed by atoms with Crippen LogP contribution in [0.4, 0.5) is 5.88 Å². The van der Waals surface area contributed by atoms with Gasteiger partial charge in [0.25, 0.3) is 0 Å². The maximum atomic E-state index is 11.8. The third kappa shape index (κ3) is 2.69. The molecule has 1 aliphatic rings. The highest BCUT2D eigenvalue weighted by molar-refractivity contribution is 5.96. The first-order valence-electron chi connectivity index (χ1n) is 6.71. The van der Waals surface area contributed by atoms with E-state index in [1.165, 1.54) is 0 Å². The minimum absolute atomic E-state index is 0.0199. The number of hydrogen-bond donors (Lipinski definition) is 1. The van der Waals surface area contributed by atoms with Gasteiger partial charge in [-0.1, -0.05) is 11.2 Å². The van der Waals surface area contributed by atoms with Crippen LogP contribution in [0.15, 0.2) is 28.9 Å². The van der Waals surface area contributed by atoms with E-state index in [1.54, 1.807) is 26.5 Å². The lowest BCUT2D eigenvalue weighted by molar-refractivity contribution is -0.117. The minimum atomic E-state index is -0.0199. The summed E-state index contributed by atoms with van der Waals surface area (Å²) >= 11 is 0. The van der Waals surface area contributed by atoms with Crippen molar-refractivity contribution in [3.8, 4) is 22.6 Å². The first-order chi connectivity index (χ1) is 10.2. The van der Waals surface area contributed by atoms with Gasteiger partial charge in [0.15, 0.2) is 11.5 Å². The molecular formula is C15H16N2O4. The molecule has 1 amide bonds. The number of carbonyl (C=O) groups is 1. The summed E-state index contributed by atoms with van der Waals surface area (Å²) in [5.74, 6) is 1.69. The van der Waals surface area contributed by atoms with Gasteiger partial charge in [-0.05, 0) is 30.5 Å². The molecule has 1 N–H and O–H groups in total. The average Bonchev–Trinajstić information content (AvgIpc) is 3.27. The van der Waals surface area contributed by atoms with Gasteiger partial charge in [-0.2, -0.15) is 0 Å². The second-order valence-electron chi connectivity index (χ2n) is 4.90. The second-order valence-corrected chi connectivity index (χ2v) is 4.90. The van der Waals surface area contributed by atoms with E-state index in [9.17, 15) is 4.79 Å². The van der Waals surface area contributed by atoms with Crippen molar-refractivity contribution >= 4 is 11.8 Å². The summed E-state index contributed by atoms with van der Waals surface area (Å²) in [7, 11) is 3.16. The number of anilines is 1. The Kier molecular flexibility index (Phi) is 3.51. The van der Waals surface area contributed by atoms with Crippen molar-refractivity contribution in [1.29, 1.82) is 0 Å². The lowest BCUT2D eigenvalue weighted by atomic mass is 10.1.